The van der Waals surface area contributed by atoms with E-state index in [-0.39, 0.29) is 40.0 Å². The summed E-state index contributed by atoms with van der Waals surface area (Å²) in [6.07, 6.45) is 2.53. The van der Waals surface area contributed by atoms with Crippen molar-refractivity contribution in [2.45, 2.75) is 30.7 Å². The number of para-hydroxylation sites is 2. The number of anilines is 1. The van der Waals surface area contributed by atoms with Crippen LogP contribution in [0.4, 0.5) is 22.9 Å². The number of rotatable bonds is 10. The minimum atomic E-state index is -4.09. The first-order chi connectivity index (χ1) is 21.2. The van der Waals surface area contributed by atoms with Crippen molar-refractivity contribution in [1.29, 1.82) is 5.26 Å². The number of nitrogens with zero attached hydrogens (tertiary/aromatic N) is 8. The zero-order valence-corrected chi connectivity index (χ0v) is 24.1. The molecule has 0 fully saturated rings. The zero-order chi connectivity index (χ0) is 31.3. The molecule has 0 spiro atoms. The van der Waals surface area contributed by atoms with Gasteiger partial charge in [0.25, 0.3) is 21.6 Å². The van der Waals surface area contributed by atoms with Gasteiger partial charge in [0.1, 0.15) is 16.5 Å². The van der Waals surface area contributed by atoms with E-state index in [2.05, 4.69) is 25.6 Å². The number of nitro groups is 1. The molecule has 3 aromatic carbocycles. The van der Waals surface area contributed by atoms with Crippen molar-refractivity contribution in [3.63, 3.8) is 0 Å². The first kappa shape index (κ1) is 29.7. The van der Waals surface area contributed by atoms with Crippen molar-refractivity contribution in [3.05, 3.63) is 101 Å². The Balaban J connectivity index is 1.59. The van der Waals surface area contributed by atoms with Crippen molar-refractivity contribution in [3.8, 4) is 11.8 Å². The van der Waals surface area contributed by atoms with Crippen LogP contribution < -0.4 is 5.32 Å². The molecule has 44 heavy (non-hydrogen) atoms. The van der Waals surface area contributed by atoms with Crippen molar-refractivity contribution in [1.82, 2.24) is 14.1 Å². The molecule has 1 aromatic heterocycles. The lowest BCUT2D eigenvalue weighted by Gasteiger charge is -2.31. The van der Waals surface area contributed by atoms with Gasteiger partial charge < -0.3 is 5.32 Å². The first-order valence-corrected chi connectivity index (χ1v) is 14.9. The lowest BCUT2D eigenvalue weighted by atomic mass is 10.2. The number of hydrogen-bond acceptors (Lipinski definition) is 10. The summed E-state index contributed by atoms with van der Waals surface area (Å²) < 4.78 is 29.9. The average molecular weight is 612 g/mol. The quantitative estimate of drug-likeness (QED) is 0.143. The van der Waals surface area contributed by atoms with Gasteiger partial charge in [0.15, 0.2) is 5.84 Å². The maximum absolute atomic E-state index is 13.7. The van der Waals surface area contributed by atoms with Crippen LogP contribution in [0.3, 0.4) is 0 Å². The summed E-state index contributed by atoms with van der Waals surface area (Å²) >= 11 is 0. The number of nitriles is 1. The molecule has 0 bridgehead atoms. The fourth-order valence-electron chi connectivity index (χ4n) is 4.37. The summed E-state index contributed by atoms with van der Waals surface area (Å²) in [6.45, 7) is 1.96. The highest BCUT2D eigenvalue weighted by Gasteiger charge is 2.40. The van der Waals surface area contributed by atoms with Crippen LogP contribution in [0, 0.1) is 21.4 Å². The third kappa shape index (κ3) is 6.05. The third-order valence-electron chi connectivity index (χ3n) is 6.58. The monoisotopic (exact) mass is 611 g/mol. The lowest BCUT2D eigenvalue weighted by molar-refractivity contribution is -0.384. The molecule has 5 rings (SSSR count). The second-order valence-corrected chi connectivity index (χ2v) is 11.4. The number of aliphatic imine (C=N–C) groups is 1. The Labute approximate surface area is 252 Å². The van der Waals surface area contributed by atoms with Gasteiger partial charge in [-0.1, -0.05) is 43.7 Å². The zero-order valence-electron chi connectivity index (χ0n) is 23.3. The van der Waals surface area contributed by atoms with E-state index in [1.54, 1.807) is 42.5 Å². The van der Waals surface area contributed by atoms with E-state index >= 15 is 0 Å². The van der Waals surface area contributed by atoms with Crippen LogP contribution in [-0.4, -0.2) is 51.8 Å². The van der Waals surface area contributed by atoms with Crippen LogP contribution in [0.2, 0.25) is 0 Å². The van der Waals surface area contributed by atoms with E-state index in [1.807, 2.05) is 13.0 Å². The number of benzene rings is 3. The number of amides is 1. The molecule has 1 amide bonds. The number of nitro benzene ring substituents is 1. The molecule has 1 unspecified atom stereocenters. The van der Waals surface area contributed by atoms with Crippen LogP contribution in [0.15, 0.2) is 105 Å². The molecule has 0 radical (unpaired) electrons. The minimum Gasteiger partial charge on any atom is -0.324 e. The van der Waals surface area contributed by atoms with Gasteiger partial charge >= 0.3 is 0 Å². The van der Waals surface area contributed by atoms with E-state index in [4.69, 9.17) is 0 Å². The molecule has 222 valence electrons. The Morgan fingerprint density at radius 2 is 1.80 bits per heavy atom. The Bertz CT molecular complexity index is 1910. The largest absolute Gasteiger partial charge is 0.324 e. The van der Waals surface area contributed by atoms with Gasteiger partial charge in [0.05, 0.1) is 22.5 Å². The number of non-ortho nitro benzene ring substituents is 1. The smallest absolute Gasteiger partial charge is 0.269 e. The molecule has 1 atom stereocenters. The number of azo groups is 1. The summed E-state index contributed by atoms with van der Waals surface area (Å²) in [7, 11) is -4.09. The van der Waals surface area contributed by atoms with Crippen LogP contribution in [0.1, 0.15) is 25.3 Å². The molecule has 0 saturated carbocycles. The highest BCUT2D eigenvalue weighted by Crippen LogP contribution is 2.34. The highest BCUT2D eigenvalue weighted by molar-refractivity contribution is 7.90. The SMILES string of the molecule is CCCCN1C(C(N=Nc2nn(-c3ccc([N+](=O)[O-])cc3)cc2C#N)C(=O)Nc2ccccc2)=Nc2ccccc2S1(=O)=O. The van der Waals surface area contributed by atoms with Crippen molar-refractivity contribution >= 4 is 44.6 Å². The normalized spacial score (nSPS) is 14.4. The number of aromatic nitrogens is 2. The first-order valence-electron chi connectivity index (χ1n) is 13.4. The average Bonchev–Trinajstić information content (AvgIpc) is 3.44. The number of fused-ring (bicyclic) bond motifs is 1. The number of sulfonamides is 1. The van der Waals surface area contributed by atoms with Crippen molar-refractivity contribution < 1.29 is 18.1 Å². The number of amidine groups is 1. The number of carbonyl (C=O) groups is 1. The molecule has 1 aliphatic heterocycles. The summed E-state index contributed by atoms with van der Waals surface area (Å²) in [4.78, 5) is 28.8. The van der Waals surface area contributed by atoms with E-state index < -0.39 is 26.9 Å². The topological polar surface area (TPSA) is 188 Å². The molecule has 2 heterocycles. The van der Waals surface area contributed by atoms with Gasteiger partial charge in [0, 0.05) is 24.4 Å². The molecule has 1 aliphatic rings. The maximum atomic E-state index is 13.7. The molecule has 15 heteroatoms. The molecule has 14 nitrogen and oxygen atoms in total. The Kier molecular flexibility index (Phi) is 8.54. The van der Waals surface area contributed by atoms with E-state index in [9.17, 15) is 28.6 Å². The van der Waals surface area contributed by atoms with Gasteiger partial charge in [-0.15, -0.1) is 10.2 Å². The summed E-state index contributed by atoms with van der Waals surface area (Å²) in [6, 6.07) is 20.7. The van der Waals surface area contributed by atoms with Gasteiger partial charge in [0.2, 0.25) is 11.9 Å². The minimum absolute atomic E-state index is 0.000657. The van der Waals surface area contributed by atoms with E-state index in [0.29, 0.717) is 24.2 Å². The van der Waals surface area contributed by atoms with Crippen LogP contribution in [0.5, 0.6) is 0 Å². The number of hydrogen-bond donors (Lipinski definition) is 1. The summed E-state index contributed by atoms with van der Waals surface area (Å²) in [5, 5.41) is 36.1. The Morgan fingerprint density at radius 1 is 1.09 bits per heavy atom. The van der Waals surface area contributed by atoms with E-state index in [0.717, 1.165) is 4.31 Å². The summed E-state index contributed by atoms with van der Waals surface area (Å²) in [5.41, 5.74) is 0.893. The maximum Gasteiger partial charge on any atom is 0.269 e. The van der Waals surface area contributed by atoms with Crippen molar-refractivity contribution in [2.24, 2.45) is 15.2 Å². The second kappa shape index (κ2) is 12.6. The fraction of sp³-hybridized carbons (Fsp3) is 0.172. The fourth-order valence-corrected chi connectivity index (χ4v) is 5.99. The van der Waals surface area contributed by atoms with Gasteiger partial charge in [-0.25, -0.2) is 18.1 Å². The molecular formula is C29H25N9O5S. The van der Waals surface area contributed by atoms with Gasteiger partial charge in [-0.3, -0.25) is 19.2 Å². The predicted molar refractivity (Wildman–Crippen MR) is 161 cm³/mol. The molecule has 0 aliphatic carbocycles. The Hall–Kier alpha value is -5.75. The number of unbranched alkanes of at least 4 members (excludes halogenated alkanes) is 1. The molecule has 1 N–H and O–H groups in total. The number of nitrogens with one attached hydrogen (secondary N) is 1. The standard InChI is InChI=1S/C29H25N9O5S/c1-2-3-17-37-28(32-24-11-7-8-12-25(24)44(37,42)43)26(29(39)31-21-9-5-4-6-10-21)33-34-27-20(18-30)19-36(35-27)22-13-15-23(16-14-22)38(40)41/h4-16,19,26H,2-3,17H2,1H3,(H,31,39). The van der Waals surface area contributed by atoms with Crippen LogP contribution in [-0.2, 0) is 14.8 Å². The lowest BCUT2D eigenvalue weighted by Crippen LogP contribution is -2.48. The van der Waals surface area contributed by atoms with Gasteiger partial charge in [-0.2, -0.15) is 10.4 Å². The number of carbonyl (C=O) groups excluding carboxylic acids is 1. The Morgan fingerprint density at radius 3 is 2.48 bits per heavy atom. The van der Waals surface area contributed by atoms with Gasteiger partial charge in [-0.05, 0) is 42.8 Å². The molecule has 4 aromatic rings. The van der Waals surface area contributed by atoms with Crippen LogP contribution >= 0.6 is 0 Å². The highest BCUT2D eigenvalue weighted by atomic mass is 32.2. The van der Waals surface area contributed by atoms with E-state index in [1.165, 1.54) is 47.3 Å². The third-order valence-corrected chi connectivity index (χ3v) is 8.43. The second-order valence-electron chi connectivity index (χ2n) is 9.54. The summed E-state index contributed by atoms with van der Waals surface area (Å²) in [5.74, 6) is -1.01. The molecule has 0 saturated heterocycles. The molecular weight excluding hydrogens is 586 g/mol. The van der Waals surface area contributed by atoms with Crippen molar-refractivity contribution in [2.75, 3.05) is 11.9 Å². The van der Waals surface area contributed by atoms with Crippen LogP contribution in [0.25, 0.3) is 5.69 Å². The predicted octanol–water partition coefficient (Wildman–Crippen LogP) is 5.28.